The summed E-state index contributed by atoms with van der Waals surface area (Å²) in [7, 11) is -11.8. The maximum atomic E-state index is 11.6. The molecule has 0 radical (unpaired) electrons. The average molecular weight is 406 g/mol. The van der Waals surface area contributed by atoms with Crippen molar-refractivity contribution in [2.24, 2.45) is 10.3 Å². The molecule has 0 aliphatic rings. The molecule has 0 bridgehead atoms. The van der Waals surface area contributed by atoms with Crippen LogP contribution in [0.25, 0.3) is 0 Å². The molecule has 0 aliphatic heterocycles. The third kappa shape index (κ3) is 6.62. The van der Waals surface area contributed by atoms with Crippen molar-refractivity contribution in [3.63, 3.8) is 0 Å². The minimum atomic E-state index is -6.17. The Morgan fingerprint density at radius 2 is 0.696 bits per heavy atom. The van der Waals surface area contributed by atoms with E-state index in [0.29, 0.717) is 0 Å². The first-order valence-corrected chi connectivity index (χ1v) is 7.03. The summed E-state index contributed by atoms with van der Waals surface area (Å²) in [5.41, 5.74) is 0. The Morgan fingerprint density at radius 3 is 0.696 bits per heavy atom. The molecule has 0 aromatic rings. The van der Waals surface area contributed by atoms with Gasteiger partial charge in [0.2, 0.25) is 0 Å². The quantitative estimate of drug-likeness (QED) is 0.406. The SMILES string of the molecule is NS(=O)(=O)C(F)(F)C(F)(F)F.NS(=O)(=O)C(F)(F)C(F)(F)F.[H-].[Li+]. The van der Waals surface area contributed by atoms with Crippen molar-refractivity contribution >= 4 is 20.0 Å². The molecular weight excluding hydrogens is 401 g/mol. The maximum Gasteiger partial charge on any atom is 1.00 e. The summed E-state index contributed by atoms with van der Waals surface area (Å²) in [4.78, 5) is 0. The van der Waals surface area contributed by atoms with Crippen LogP contribution in [0.2, 0.25) is 0 Å². The molecule has 0 saturated heterocycles. The van der Waals surface area contributed by atoms with Crippen LogP contribution in [-0.2, 0) is 20.0 Å². The van der Waals surface area contributed by atoms with Crippen LogP contribution in [0.15, 0.2) is 0 Å². The zero-order valence-corrected chi connectivity index (χ0v) is 12.0. The zero-order chi connectivity index (χ0) is 19.0. The first-order valence-electron chi connectivity index (χ1n) is 3.94. The fourth-order valence-corrected chi connectivity index (χ4v) is 0.968. The molecular formula is C4H5F10LiN2O4S2. The van der Waals surface area contributed by atoms with Crippen molar-refractivity contribution in [2.75, 3.05) is 0 Å². The molecule has 6 nitrogen and oxygen atoms in total. The monoisotopic (exact) mass is 406 g/mol. The number of alkyl halides is 10. The Balaban J connectivity index is -0.000000154. The predicted molar refractivity (Wildman–Crippen MR) is 49.3 cm³/mol. The summed E-state index contributed by atoms with van der Waals surface area (Å²) >= 11 is 0. The molecule has 23 heavy (non-hydrogen) atoms. The van der Waals surface area contributed by atoms with E-state index in [0.717, 1.165) is 0 Å². The fourth-order valence-electron chi connectivity index (χ4n) is 0.323. The number of primary sulfonamides is 2. The molecule has 0 aromatic heterocycles. The maximum absolute atomic E-state index is 11.6. The second-order valence-corrected chi connectivity index (χ2v) is 6.32. The molecule has 4 N–H and O–H groups in total. The van der Waals surface area contributed by atoms with Crippen LogP contribution < -0.4 is 29.1 Å². The van der Waals surface area contributed by atoms with Crippen molar-refractivity contribution in [1.29, 1.82) is 0 Å². The normalized spacial score (nSPS) is 14.4. The summed E-state index contributed by atoms with van der Waals surface area (Å²) in [5.74, 6) is 0. The number of nitrogens with two attached hydrogens (primary N) is 2. The standard InChI is InChI=1S/2C2H2F5NO2S.Li.H/c2*3-1(4,5)2(6,7)11(8,9)10;;/h2*(H2,8,9,10);;/q;;+1;-1. The summed E-state index contributed by atoms with van der Waals surface area (Å²) in [5, 5.41) is -4.55. The minimum Gasteiger partial charge on any atom is -1.00 e. The van der Waals surface area contributed by atoms with Gasteiger partial charge in [0, 0.05) is 0 Å². The van der Waals surface area contributed by atoms with Gasteiger partial charge in [-0.05, 0) is 0 Å². The van der Waals surface area contributed by atoms with Crippen molar-refractivity contribution in [3.8, 4) is 0 Å². The molecule has 0 fully saturated rings. The van der Waals surface area contributed by atoms with Crippen LogP contribution in [0.4, 0.5) is 43.9 Å². The summed E-state index contributed by atoms with van der Waals surface area (Å²) in [6, 6.07) is 0. The van der Waals surface area contributed by atoms with Gasteiger partial charge in [0.15, 0.2) is 0 Å². The van der Waals surface area contributed by atoms with Crippen LogP contribution in [0.1, 0.15) is 1.43 Å². The second kappa shape index (κ2) is 7.31. The van der Waals surface area contributed by atoms with Crippen LogP contribution in [0.3, 0.4) is 0 Å². The van der Waals surface area contributed by atoms with Gasteiger partial charge in [-0.2, -0.15) is 43.9 Å². The largest absolute Gasteiger partial charge is 1.00 e. The fraction of sp³-hybridized carbons (Fsp3) is 1.00. The Morgan fingerprint density at radius 1 is 0.565 bits per heavy atom. The first-order chi connectivity index (χ1) is 9.00. The van der Waals surface area contributed by atoms with Gasteiger partial charge in [-0.3, -0.25) is 0 Å². The number of rotatable bonds is 2. The van der Waals surface area contributed by atoms with Crippen molar-refractivity contribution in [3.05, 3.63) is 0 Å². The van der Waals surface area contributed by atoms with Gasteiger partial charge >= 0.3 is 41.7 Å². The molecule has 0 heterocycles. The van der Waals surface area contributed by atoms with Crippen LogP contribution in [-0.4, -0.2) is 39.7 Å². The molecule has 0 spiro atoms. The van der Waals surface area contributed by atoms with E-state index in [1.54, 1.807) is 0 Å². The average Bonchev–Trinajstić information content (AvgIpc) is 2.10. The van der Waals surface area contributed by atoms with Crippen molar-refractivity contribution in [1.82, 2.24) is 0 Å². The van der Waals surface area contributed by atoms with E-state index in [1.807, 2.05) is 0 Å². The van der Waals surface area contributed by atoms with Crippen LogP contribution in [0.5, 0.6) is 0 Å². The van der Waals surface area contributed by atoms with Gasteiger partial charge in [0.1, 0.15) is 0 Å². The molecule has 19 heteroatoms. The number of sulfonamides is 2. The van der Waals surface area contributed by atoms with Gasteiger partial charge in [-0.1, -0.05) is 0 Å². The number of hydrogen-bond acceptors (Lipinski definition) is 4. The van der Waals surface area contributed by atoms with E-state index in [1.165, 1.54) is 0 Å². The van der Waals surface area contributed by atoms with E-state index < -0.39 is 42.9 Å². The van der Waals surface area contributed by atoms with Crippen LogP contribution in [0, 0.1) is 0 Å². The van der Waals surface area contributed by atoms with Crippen molar-refractivity contribution in [2.45, 2.75) is 22.9 Å². The Bertz CT molecular complexity index is 545. The van der Waals surface area contributed by atoms with E-state index in [9.17, 15) is 60.7 Å². The molecule has 0 rings (SSSR count). The minimum absolute atomic E-state index is 0. The first kappa shape index (κ1) is 27.6. The third-order valence-electron chi connectivity index (χ3n) is 1.37. The molecule has 0 unspecified atom stereocenters. The van der Waals surface area contributed by atoms with E-state index in [-0.39, 0.29) is 20.3 Å². The number of halogens is 10. The molecule has 0 saturated carbocycles. The topological polar surface area (TPSA) is 120 Å². The third-order valence-corrected chi connectivity index (χ3v) is 3.27. The number of hydrogen-bond donors (Lipinski definition) is 2. The van der Waals surface area contributed by atoms with E-state index in [4.69, 9.17) is 0 Å². The molecule has 0 aromatic carbocycles. The summed E-state index contributed by atoms with van der Waals surface area (Å²) < 4.78 is 152. The van der Waals surface area contributed by atoms with Gasteiger partial charge in [-0.15, -0.1) is 0 Å². The van der Waals surface area contributed by atoms with E-state index in [2.05, 4.69) is 10.3 Å². The summed E-state index contributed by atoms with van der Waals surface area (Å²) in [6.07, 6.45) is -12.3. The zero-order valence-electron chi connectivity index (χ0n) is 11.4. The summed E-state index contributed by atoms with van der Waals surface area (Å²) in [6.45, 7) is 0. The van der Waals surface area contributed by atoms with E-state index >= 15 is 0 Å². The molecule has 0 aliphatic carbocycles. The Kier molecular flexibility index (Phi) is 8.76. The smallest absolute Gasteiger partial charge is 1.00 e. The molecule has 0 amide bonds. The van der Waals surface area contributed by atoms with Gasteiger partial charge in [0.05, 0.1) is 0 Å². The van der Waals surface area contributed by atoms with Crippen LogP contribution >= 0.6 is 0 Å². The Hall–Kier alpha value is -0.283. The van der Waals surface area contributed by atoms with Gasteiger partial charge in [-0.25, -0.2) is 27.1 Å². The predicted octanol–water partition coefficient (Wildman–Crippen LogP) is -2.02. The van der Waals surface area contributed by atoms with Gasteiger partial charge < -0.3 is 1.43 Å². The van der Waals surface area contributed by atoms with Crippen molar-refractivity contribution < 1.29 is 81.0 Å². The second-order valence-electron chi connectivity index (χ2n) is 3.12. The molecule has 138 valence electrons. The Labute approximate surface area is 134 Å². The molecule has 0 atom stereocenters. The van der Waals surface area contributed by atoms with Gasteiger partial charge in [0.25, 0.3) is 20.0 Å².